The van der Waals surface area contributed by atoms with Crippen molar-refractivity contribution in [1.29, 1.82) is 0 Å². The molecule has 0 bridgehead atoms. The van der Waals surface area contributed by atoms with Gasteiger partial charge in [-0.05, 0) is 53.1 Å². The summed E-state index contributed by atoms with van der Waals surface area (Å²) < 4.78 is 33.6. The number of nitrogens with zero attached hydrogens (tertiary/aromatic N) is 4. The first kappa shape index (κ1) is 23.1. The van der Waals surface area contributed by atoms with Gasteiger partial charge in [-0.2, -0.15) is 0 Å². The van der Waals surface area contributed by atoms with E-state index in [4.69, 9.17) is 12.2 Å². The van der Waals surface area contributed by atoms with E-state index in [2.05, 4.69) is 15.9 Å². The minimum Gasteiger partial charge on any atom is -0.349 e. The van der Waals surface area contributed by atoms with Crippen molar-refractivity contribution in [3.63, 3.8) is 0 Å². The molecule has 2 aliphatic heterocycles. The van der Waals surface area contributed by atoms with Gasteiger partial charge in [-0.3, -0.25) is 9.59 Å². The van der Waals surface area contributed by atoms with Crippen molar-refractivity contribution in [1.82, 2.24) is 18.9 Å². The molecule has 0 saturated carbocycles. The number of hydrogen-bond acceptors (Lipinski definition) is 3. The maximum atomic E-state index is 14.7. The van der Waals surface area contributed by atoms with Gasteiger partial charge >= 0.3 is 0 Å². The second kappa shape index (κ2) is 8.70. The number of imidazole rings is 1. The Kier molecular flexibility index (Phi) is 6.28. The molecule has 10 heteroatoms. The Hall–Kier alpha value is -2.07. The Morgan fingerprint density at radius 2 is 1.97 bits per heavy atom. The number of fused-ring (bicyclic) bond motifs is 1. The molecular weight excluding hydrogens is 502 g/mol. The third-order valence-electron chi connectivity index (χ3n) is 6.56. The number of halogens is 3. The molecule has 2 atom stereocenters. The fourth-order valence-corrected chi connectivity index (χ4v) is 5.48. The Labute approximate surface area is 198 Å². The highest BCUT2D eigenvalue weighted by atomic mass is 79.9. The minimum atomic E-state index is -0.595. The first-order valence-corrected chi connectivity index (χ1v) is 11.7. The van der Waals surface area contributed by atoms with Crippen LogP contribution in [0.2, 0.25) is 0 Å². The standard InChI is InChI=1S/C22H25BrF2N4O2S/c1-26(2)21(31)12-6-7-28(10-12)18(30)9-16-17-8-13(11-29(17)22(32)27(16)3)19-15(24)5-4-14(23)20(19)25/h4-5,12-13H,6-11H2,1-3H3. The topological polar surface area (TPSA) is 50.5 Å². The molecule has 6 nitrogen and oxygen atoms in total. The van der Waals surface area contributed by atoms with E-state index in [0.717, 1.165) is 11.4 Å². The zero-order valence-electron chi connectivity index (χ0n) is 18.2. The quantitative estimate of drug-likeness (QED) is 0.453. The lowest BCUT2D eigenvalue weighted by atomic mass is 9.95. The molecule has 0 radical (unpaired) electrons. The third-order valence-corrected chi connectivity index (χ3v) is 7.67. The van der Waals surface area contributed by atoms with Gasteiger partial charge in [0.15, 0.2) is 4.77 Å². The number of benzene rings is 1. The minimum absolute atomic E-state index is 0.0318. The van der Waals surface area contributed by atoms with Crippen LogP contribution in [0, 0.1) is 22.3 Å². The van der Waals surface area contributed by atoms with Crippen LogP contribution in [-0.2, 0) is 36.0 Å². The summed E-state index contributed by atoms with van der Waals surface area (Å²) in [6.45, 7) is 1.32. The third kappa shape index (κ3) is 3.91. The molecule has 1 aromatic heterocycles. The molecule has 1 saturated heterocycles. The van der Waals surface area contributed by atoms with E-state index < -0.39 is 17.6 Å². The van der Waals surface area contributed by atoms with Crippen molar-refractivity contribution < 1.29 is 18.4 Å². The molecule has 1 aromatic carbocycles. The van der Waals surface area contributed by atoms with E-state index >= 15 is 0 Å². The van der Waals surface area contributed by atoms with Gasteiger partial charge in [0, 0.05) is 63.6 Å². The average Bonchev–Trinajstić information content (AvgIpc) is 3.45. The SMILES string of the molecule is CN(C)C(=O)C1CCN(C(=O)Cc2c3n(c(=S)n2C)CC(c2c(F)ccc(Br)c2F)C3)C1. The van der Waals surface area contributed by atoms with Gasteiger partial charge in [0.25, 0.3) is 0 Å². The average molecular weight is 527 g/mol. The summed E-state index contributed by atoms with van der Waals surface area (Å²) in [5.41, 5.74) is 1.65. The van der Waals surface area contributed by atoms with Crippen molar-refractivity contribution in [2.45, 2.75) is 31.7 Å². The number of likely N-dealkylation sites (tertiary alicyclic amines) is 1. The zero-order chi connectivity index (χ0) is 23.3. The first-order chi connectivity index (χ1) is 15.1. The van der Waals surface area contributed by atoms with Crippen LogP contribution in [-0.4, -0.2) is 57.9 Å². The Bertz CT molecular complexity index is 1160. The molecule has 2 amide bonds. The summed E-state index contributed by atoms with van der Waals surface area (Å²) in [6.07, 6.45) is 1.19. The number of aromatic nitrogens is 2. The van der Waals surface area contributed by atoms with Crippen molar-refractivity contribution in [2.24, 2.45) is 13.0 Å². The van der Waals surface area contributed by atoms with Gasteiger partial charge in [-0.1, -0.05) is 0 Å². The van der Waals surface area contributed by atoms with Crippen LogP contribution in [0.3, 0.4) is 0 Å². The van der Waals surface area contributed by atoms with Crippen molar-refractivity contribution in [3.8, 4) is 0 Å². The van der Waals surface area contributed by atoms with Crippen molar-refractivity contribution in [2.75, 3.05) is 27.2 Å². The summed E-state index contributed by atoms with van der Waals surface area (Å²) in [4.78, 5) is 28.6. The van der Waals surface area contributed by atoms with Crippen LogP contribution in [0.1, 0.15) is 29.3 Å². The molecule has 172 valence electrons. The van der Waals surface area contributed by atoms with Crippen LogP contribution in [0.25, 0.3) is 0 Å². The van der Waals surface area contributed by atoms with Crippen LogP contribution in [0.15, 0.2) is 16.6 Å². The lowest BCUT2D eigenvalue weighted by Crippen LogP contribution is -2.35. The molecule has 0 aliphatic carbocycles. The van der Waals surface area contributed by atoms with Gasteiger partial charge < -0.3 is 18.9 Å². The van der Waals surface area contributed by atoms with E-state index in [9.17, 15) is 18.4 Å². The molecule has 0 N–H and O–H groups in total. The maximum absolute atomic E-state index is 14.7. The predicted octanol–water partition coefficient (Wildman–Crippen LogP) is 3.42. The molecular formula is C22H25BrF2N4O2S. The smallest absolute Gasteiger partial charge is 0.228 e. The lowest BCUT2D eigenvalue weighted by Gasteiger charge is -2.19. The zero-order valence-corrected chi connectivity index (χ0v) is 20.6. The van der Waals surface area contributed by atoms with E-state index in [1.807, 2.05) is 16.2 Å². The molecule has 0 spiro atoms. The number of hydrogen-bond donors (Lipinski definition) is 0. The normalized spacial score (nSPS) is 20.0. The van der Waals surface area contributed by atoms with Crippen molar-refractivity contribution in [3.05, 3.63) is 50.0 Å². The van der Waals surface area contributed by atoms with Gasteiger partial charge in [0.2, 0.25) is 11.8 Å². The van der Waals surface area contributed by atoms with Crippen LogP contribution >= 0.6 is 28.1 Å². The summed E-state index contributed by atoms with van der Waals surface area (Å²) in [7, 11) is 5.25. The molecule has 2 aliphatic rings. The lowest BCUT2D eigenvalue weighted by molar-refractivity contribution is -0.133. The molecule has 2 unspecified atom stereocenters. The molecule has 32 heavy (non-hydrogen) atoms. The Morgan fingerprint density at radius 3 is 2.66 bits per heavy atom. The second-order valence-corrected chi connectivity index (χ2v) is 9.96. The van der Waals surface area contributed by atoms with Gasteiger partial charge in [0.1, 0.15) is 11.6 Å². The van der Waals surface area contributed by atoms with Crippen molar-refractivity contribution >= 4 is 40.0 Å². The second-order valence-electron chi connectivity index (χ2n) is 8.74. The fourth-order valence-electron chi connectivity index (χ4n) is 4.84. The Balaban J connectivity index is 1.55. The number of rotatable bonds is 4. The highest BCUT2D eigenvalue weighted by Crippen LogP contribution is 2.37. The van der Waals surface area contributed by atoms with E-state index in [-0.39, 0.29) is 34.2 Å². The summed E-state index contributed by atoms with van der Waals surface area (Å²) in [5.74, 6) is -1.78. The van der Waals surface area contributed by atoms with Crippen LogP contribution in [0.5, 0.6) is 0 Å². The van der Waals surface area contributed by atoms with E-state index in [0.29, 0.717) is 37.2 Å². The monoisotopic (exact) mass is 526 g/mol. The predicted molar refractivity (Wildman–Crippen MR) is 122 cm³/mol. The fraction of sp³-hybridized carbons (Fsp3) is 0.500. The maximum Gasteiger partial charge on any atom is 0.228 e. The number of carbonyl (C=O) groups excluding carboxylic acids is 2. The molecule has 4 rings (SSSR count). The van der Waals surface area contributed by atoms with E-state index in [1.165, 1.54) is 12.1 Å². The molecule has 3 heterocycles. The first-order valence-electron chi connectivity index (χ1n) is 10.5. The van der Waals surface area contributed by atoms with Gasteiger partial charge in [-0.25, -0.2) is 8.78 Å². The van der Waals surface area contributed by atoms with Gasteiger partial charge in [0.05, 0.1) is 16.8 Å². The van der Waals surface area contributed by atoms with Crippen LogP contribution in [0.4, 0.5) is 8.78 Å². The highest BCUT2D eigenvalue weighted by molar-refractivity contribution is 9.10. The highest BCUT2D eigenvalue weighted by Gasteiger charge is 2.35. The Morgan fingerprint density at radius 1 is 1.25 bits per heavy atom. The molecule has 1 fully saturated rings. The summed E-state index contributed by atoms with van der Waals surface area (Å²) in [6, 6.07) is 2.62. The van der Waals surface area contributed by atoms with Gasteiger partial charge in [-0.15, -0.1) is 0 Å². The largest absolute Gasteiger partial charge is 0.349 e. The van der Waals surface area contributed by atoms with E-state index in [1.54, 1.807) is 23.9 Å². The number of carbonyl (C=O) groups is 2. The summed E-state index contributed by atoms with van der Waals surface area (Å²) in [5, 5.41) is 0. The number of amides is 2. The summed E-state index contributed by atoms with van der Waals surface area (Å²) >= 11 is 8.70. The van der Waals surface area contributed by atoms with Crippen LogP contribution < -0.4 is 0 Å². The molecule has 2 aromatic rings.